The molecule has 1 atom stereocenters. The van der Waals surface area contributed by atoms with Gasteiger partial charge >= 0.3 is 5.97 Å². The van der Waals surface area contributed by atoms with Gasteiger partial charge in [-0.05, 0) is 42.3 Å². The monoisotopic (exact) mass is 433 g/mol. The summed E-state index contributed by atoms with van der Waals surface area (Å²) in [6.07, 6.45) is 6.07. The first-order valence-electron chi connectivity index (χ1n) is 10.7. The van der Waals surface area contributed by atoms with Gasteiger partial charge in [0.25, 0.3) is 0 Å². The summed E-state index contributed by atoms with van der Waals surface area (Å²) in [7, 11) is 0. The smallest absolute Gasteiger partial charge is 0.305 e. The molecule has 0 bridgehead atoms. The van der Waals surface area contributed by atoms with Crippen LogP contribution >= 0.6 is 0 Å². The third-order valence-corrected chi connectivity index (χ3v) is 5.30. The highest BCUT2D eigenvalue weighted by atomic mass is 16.5. The third-order valence-electron chi connectivity index (χ3n) is 5.30. The highest BCUT2D eigenvalue weighted by molar-refractivity contribution is 5.70. The third kappa shape index (κ3) is 5.66. The predicted octanol–water partition coefficient (Wildman–Crippen LogP) is 3.81. The van der Waals surface area contributed by atoms with Gasteiger partial charge in [0, 0.05) is 43.4 Å². The number of aromatic nitrogens is 2. The lowest BCUT2D eigenvalue weighted by Crippen LogP contribution is -2.34. The number of hydrogen-bond acceptors (Lipinski definition) is 7. The molecule has 0 amide bonds. The lowest BCUT2D eigenvalue weighted by atomic mass is 10.1. The second kappa shape index (κ2) is 10.5. The van der Waals surface area contributed by atoms with Crippen molar-refractivity contribution in [3.63, 3.8) is 0 Å². The van der Waals surface area contributed by atoms with Crippen LogP contribution in [0.15, 0.2) is 67.1 Å². The predicted molar refractivity (Wildman–Crippen MR) is 124 cm³/mol. The lowest BCUT2D eigenvalue weighted by Gasteiger charge is -2.32. The molecule has 1 aromatic carbocycles. The number of pyridine rings is 2. The summed E-state index contributed by atoms with van der Waals surface area (Å²) in [6, 6.07) is 15.1. The minimum Gasteiger partial charge on any atom is -0.489 e. The second-order valence-electron chi connectivity index (χ2n) is 7.59. The van der Waals surface area contributed by atoms with E-state index in [0.717, 1.165) is 54.6 Å². The fourth-order valence-electron chi connectivity index (χ4n) is 3.76. The Morgan fingerprint density at radius 2 is 2.12 bits per heavy atom. The largest absolute Gasteiger partial charge is 0.489 e. The Morgan fingerprint density at radius 1 is 1.19 bits per heavy atom. The molecule has 32 heavy (non-hydrogen) atoms. The highest BCUT2D eigenvalue weighted by Crippen LogP contribution is 2.35. The second-order valence-corrected chi connectivity index (χ2v) is 7.59. The normalized spacial score (nSPS) is 13.6. The molecule has 4 rings (SSSR count). The molecule has 1 unspecified atom stereocenters. The molecule has 166 valence electrons. The minimum absolute atomic E-state index is 0.0426. The number of benzene rings is 1. The fourth-order valence-corrected chi connectivity index (χ4v) is 3.76. The Kier molecular flexibility index (Phi) is 7.01. The van der Waals surface area contributed by atoms with Gasteiger partial charge in [0.05, 0.1) is 24.7 Å². The molecule has 1 aliphatic rings. The molecule has 0 radical (unpaired) electrons. The summed E-state index contributed by atoms with van der Waals surface area (Å²) >= 11 is 0. The van der Waals surface area contributed by atoms with Gasteiger partial charge in [0.1, 0.15) is 18.2 Å². The number of hydrogen-bond donors (Lipinski definition) is 3. The topological polar surface area (TPSA) is 99.6 Å². The van der Waals surface area contributed by atoms with Gasteiger partial charge in [0.15, 0.2) is 0 Å². The summed E-state index contributed by atoms with van der Waals surface area (Å²) in [6.45, 7) is 3.19. The van der Waals surface area contributed by atoms with Crippen molar-refractivity contribution in [3.8, 4) is 5.75 Å². The van der Waals surface area contributed by atoms with Crippen LogP contribution in [0.5, 0.6) is 5.75 Å². The molecule has 3 N–H and O–H groups in total. The van der Waals surface area contributed by atoms with Crippen molar-refractivity contribution in [1.82, 2.24) is 9.97 Å². The van der Waals surface area contributed by atoms with Crippen LogP contribution in [-0.4, -0.2) is 47.3 Å². The first-order chi connectivity index (χ1) is 15.7. The number of anilines is 3. The fraction of sp³-hybridized carbons (Fsp3) is 0.292. The molecule has 0 spiro atoms. The van der Waals surface area contributed by atoms with Crippen LogP contribution in [0.25, 0.3) is 0 Å². The number of carboxylic acid groups (broad SMARTS) is 1. The Labute approximate surface area is 187 Å². The van der Waals surface area contributed by atoms with Crippen LogP contribution in [-0.2, 0) is 4.79 Å². The van der Waals surface area contributed by atoms with Crippen molar-refractivity contribution in [3.05, 3.63) is 72.7 Å². The van der Waals surface area contributed by atoms with E-state index >= 15 is 0 Å². The molecule has 1 aliphatic heterocycles. The van der Waals surface area contributed by atoms with E-state index in [2.05, 4.69) is 25.5 Å². The van der Waals surface area contributed by atoms with Crippen LogP contribution in [0.4, 0.5) is 17.2 Å². The number of carboxylic acids is 1. The maximum atomic E-state index is 11.4. The quantitative estimate of drug-likeness (QED) is 0.415. The average molecular weight is 434 g/mol. The van der Waals surface area contributed by atoms with E-state index < -0.39 is 5.97 Å². The molecule has 2 aromatic heterocycles. The van der Waals surface area contributed by atoms with Gasteiger partial charge in [-0.3, -0.25) is 9.78 Å². The number of fused-ring (bicyclic) bond motifs is 1. The zero-order valence-electron chi connectivity index (χ0n) is 17.8. The molecule has 3 aromatic rings. The minimum atomic E-state index is -0.869. The van der Waals surface area contributed by atoms with E-state index in [4.69, 9.17) is 4.74 Å². The van der Waals surface area contributed by atoms with Gasteiger partial charge in [-0.15, -0.1) is 0 Å². The van der Waals surface area contributed by atoms with Crippen LogP contribution in [0.2, 0.25) is 0 Å². The average Bonchev–Trinajstić information content (AvgIpc) is 2.82. The first-order valence-corrected chi connectivity index (χ1v) is 10.7. The lowest BCUT2D eigenvalue weighted by molar-refractivity contribution is -0.137. The van der Waals surface area contributed by atoms with Crippen molar-refractivity contribution in [2.24, 2.45) is 0 Å². The van der Waals surface area contributed by atoms with Crippen LogP contribution in [0.1, 0.15) is 24.4 Å². The highest BCUT2D eigenvalue weighted by Gasteiger charge is 2.20. The Balaban J connectivity index is 1.39. The Bertz CT molecular complexity index is 1020. The van der Waals surface area contributed by atoms with Gasteiger partial charge in [0.2, 0.25) is 0 Å². The molecule has 3 heterocycles. The molecule has 0 saturated heterocycles. The zero-order chi connectivity index (χ0) is 22.2. The van der Waals surface area contributed by atoms with Crippen LogP contribution in [0.3, 0.4) is 0 Å². The number of aliphatic carboxylic acids is 1. The van der Waals surface area contributed by atoms with Crippen molar-refractivity contribution < 1.29 is 14.6 Å². The van der Waals surface area contributed by atoms with E-state index in [-0.39, 0.29) is 12.5 Å². The number of nitrogens with one attached hydrogen (secondary N) is 2. The summed E-state index contributed by atoms with van der Waals surface area (Å²) in [5, 5.41) is 16.0. The Hall–Kier alpha value is -3.81. The molecular formula is C24H27N5O3. The van der Waals surface area contributed by atoms with E-state index in [1.54, 1.807) is 18.6 Å². The van der Waals surface area contributed by atoms with E-state index in [1.807, 2.05) is 48.5 Å². The van der Waals surface area contributed by atoms with Crippen LogP contribution < -0.4 is 20.3 Å². The number of ether oxygens (including phenoxy) is 1. The molecule has 8 heteroatoms. The standard InChI is InChI=1S/C24H27N5O3/c30-24(31)16-20(18-5-3-9-25-17-18)28-19-7-8-21-22(15-19)32-14-13-29(21)12-4-11-27-23-6-1-2-10-26-23/h1-3,5-10,15,17,20,28H,4,11-14,16H2,(H,26,27)(H,30,31). The number of rotatable bonds is 10. The SMILES string of the molecule is O=C(O)CC(Nc1ccc2c(c1)OCCN2CCCNc1ccccn1)c1cccnc1. The van der Waals surface area contributed by atoms with Crippen molar-refractivity contribution in [1.29, 1.82) is 0 Å². The van der Waals surface area contributed by atoms with Gasteiger partial charge in [-0.2, -0.15) is 0 Å². The maximum Gasteiger partial charge on any atom is 0.305 e. The van der Waals surface area contributed by atoms with Crippen LogP contribution in [0, 0.1) is 0 Å². The first kappa shape index (κ1) is 21.4. The summed E-state index contributed by atoms with van der Waals surface area (Å²) < 4.78 is 5.90. The summed E-state index contributed by atoms with van der Waals surface area (Å²) in [4.78, 5) is 22.1. The molecule has 8 nitrogen and oxygen atoms in total. The molecule has 0 fully saturated rings. The summed E-state index contributed by atoms with van der Waals surface area (Å²) in [5.74, 6) is 0.820. The molecule has 0 aliphatic carbocycles. The van der Waals surface area contributed by atoms with Crippen molar-refractivity contribution in [2.45, 2.75) is 18.9 Å². The Morgan fingerprint density at radius 3 is 2.91 bits per heavy atom. The van der Waals surface area contributed by atoms with Crippen molar-refractivity contribution in [2.75, 3.05) is 41.8 Å². The number of carbonyl (C=O) groups is 1. The molecule has 0 saturated carbocycles. The number of nitrogens with zero attached hydrogens (tertiary/aromatic N) is 3. The summed E-state index contributed by atoms with van der Waals surface area (Å²) in [5.41, 5.74) is 2.70. The van der Waals surface area contributed by atoms with E-state index in [1.165, 1.54) is 0 Å². The van der Waals surface area contributed by atoms with Gasteiger partial charge in [-0.1, -0.05) is 12.1 Å². The van der Waals surface area contributed by atoms with E-state index in [9.17, 15) is 9.90 Å². The zero-order valence-corrected chi connectivity index (χ0v) is 17.8. The molecular weight excluding hydrogens is 406 g/mol. The van der Waals surface area contributed by atoms with Gasteiger partial charge < -0.3 is 25.4 Å². The van der Waals surface area contributed by atoms with Crippen molar-refractivity contribution >= 4 is 23.2 Å². The van der Waals surface area contributed by atoms with Gasteiger partial charge in [-0.25, -0.2) is 4.98 Å². The maximum absolute atomic E-state index is 11.4. The van der Waals surface area contributed by atoms with E-state index in [0.29, 0.717) is 6.61 Å².